The molecule has 0 amide bonds. The van der Waals surface area contributed by atoms with Gasteiger partial charge < -0.3 is 20.1 Å². The fourth-order valence-electron chi connectivity index (χ4n) is 1.90. The van der Waals surface area contributed by atoms with Crippen molar-refractivity contribution in [2.24, 2.45) is 0 Å². The van der Waals surface area contributed by atoms with Crippen LogP contribution in [0.5, 0.6) is 11.5 Å². The molecule has 0 unspecified atom stereocenters. The van der Waals surface area contributed by atoms with Gasteiger partial charge in [0.15, 0.2) is 5.11 Å². The smallest absolute Gasteiger partial charge is 0.175 e. The summed E-state index contributed by atoms with van der Waals surface area (Å²) in [6.45, 7) is 5.24. The van der Waals surface area contributed by atoms with E-state index in [0.29, 0.717) is 18.3 Å². The SMILES string of the molecule is CCOc1ccc(NC(=S)Nc2ccc(OCC)cc2)cc1.[Hf]. The minimum absolute atomic E-state index is 0. The van der Waals surface area contributed by atoms with Gasteiger partial charge in [0.05, 0.1) is 13.2 Å². The summed E-state index contributed by atoms with van der Waals surface area (Å²) >= 11 is 5.30. The molecule has 23 heavy (non-hydrogen) atoms. The van der Waals surface area contributed by atoms with E-state index in [1.54, 1.807) is 0 Å². The molecule has 0 aliphatic carbocycles. The quantitative estimate of drug-likeness (QED) is 0.463. The molecule has 0 spiro atoms. The Labute approximate surface area is 161 Å². The fourth-order valence-corrected chi connectivity index (χ4v) is 2.13. The van der Waals surface area contributed by atoms with Crippen molar-refractivity contribution in [2.75, 3.05) is 23.8 Å². The van der Waals surface area contributed by atoms with Crippen LogP contribution in [0.3, 0.4) is 0 Å². The Bertz CT molecular complexity index is 549. The first kappa shape index (κ1) is 19.6. The van der Waals surface area contributed by atoms with Crippen LogP contribution in [0.2, 0.25) is 0 Å². The molecule has 2 aromatic rings. The molecule has 0 heterocycles. The number of rotatable bonds is 6. The van der Waals surface area contributed by atoms with Gasteiger partial charge >= 0.3 is 0 Å². The van der Waals surface area contributed by atoms with Crippen molar-refractivity contribution in [3.63, 3.8) is 0 Å². The zero-order valence-electron chi connectivity index (χ0n) is 13.3. The Morgan fingerprint density at radius 3 is 1.43 bits per heavy atom. The van der Waals surface area contributed by atoms with Gasteiger partial charge in [-0.3, -0.25) is 0 Å². The predicted octanol–water partition coefficient (Wildman–Crippen LogP) is 4.29. The summed E-state index contributed by atoms with van der Waals surface area (Å²) in [5, 5.41) is 6.80. The van der Waals surface area contributed by atoms with Crippen molar-refractivity contribution in [3.05, 3.63) is 48.5 Å². The third kappa shape index (κ3) is 6.71. The van der Waals surface area contributed by atoms with Gasteiger partial charge in [0.2, 0.25) is 0 Å². The summed E-state index contributed by atoms with van der Waals surface area (Å²) in [6, 6.07) is 15.3. The van der Waals surface area contributed by atoms with Crippen molar-refractivity contribution in [1.82, 2.24) is 0 Å². The standard InChI is InChI=1S/C17H20N2O2S.Hf/c1-3-20-15-9-5-13(6-10-15)18-17(22)19-14-7-11-16(12-8-14)21-4-2;/h5-12H,3-4H2,1-2H3,(H2,18,19,22);. The Balaban J connectivity index is 0.00000264. The molecule has 2 rings (SSSR count). The Hall–Kier alpha value is -1.40. The maximum absolute atomic E-state index is 5.40. The molecule has 2 N–H and O–H groups in total. The predicted molar refractivity (Wildman–Crippen MR) is 95.1 cm³/mol. The zero-order valence-corrected chi connectivity index (χ0v) is 17.7. The maximum atomic E-state index is 5.40. The summed E-state index contributed by atoms with van der Waals surface area (Å²) in [5.74, 6) is 1.69. The van der Waals surface area contributed by atoms with E-state index in [1.165, 1.54) is 0 Å². The van der Waals surface area contributed by atoms with Gasteiger partial charge in [0, 0.05) is 37.2 Å². The maximum Gasteiger partial charge on any atom is 0.175 e. The summed E-state index contributed by atoms with van der Waals surface area (Å²) in [5.41, 5.74) is 1.82. The molecule has 0 aliphatic rings. The van der Waals surface area contributed by atoms with Gasteiger partial charge in [0.1, 0.15) is 11.5 Å². The van der Waals surface area contributed by atoms with E-state index >= 15 is 0 Å². The molecule has 0 saturated carbocycles. The third-order valence-electron chi connectivity index (χ3n) is 2.85. The molecule has 6 heteroatoms. The first-order chi connectivity index (χ1) is 10.7. The van der Waals surface area contributed by atoms with Crippen molar-refractivity contribution in [3.8, 4) is 11.5 Å². The van der Waals surface area contributed by atoms with Gasteiger partial charge in [-0.1, -0.05) is 0 Å². The Morgan fingerprint density at radius 2 is 1.13 bits per heavy atom. The molecule has 0 bridgehead atoms. The Morgan fingerprint density at radius 1 is 0.783 bits per heavy atom. The summed E-state index contributed by atoms with van der Waals surface area (Å²) in [6.07, 6.45) is 0. The number of nitrogens with one attached hydrogen (secondary N) is 2. The van der Waals surface area contributed by atoms with Crippen LogP contribution in [0.4, 0.5) is 11.4 Å². The number of anilines is 2. The summed E-state index contributed by atoms with van der Waals surface area (Å²) < 4.78 is 10.8. The fraction of sp³-hybridized carbons (Fsp3) is 0.235. The molecule has 0 aliphatic heterocycles. The molecule has 0 saturated heterocycles. The van der Waals surface area contributed by atoms with Crippen molar-refractivity contribution in [2.45, 2.75) is 13.8 Å². The van der Waals surface area contributed by atoms with Crippen LogP contribution < -0.4 is 20.1 Å². The van der Waals surface area contributed by atoms with Crippen LogP contribution in [0.25, 0.3) is 0 Å². The van der Waals surface area contributed by atoms with E-state index < -0.39 is 0 Å². The average molecular weight is 495 g/mol. The topological polar surface area (TPSA) is 42.5 Å². The normalized spacial score (nSPS) is 9.48. The molecule has 0 aromatic heterocycles. The van der Waals surface area contributed by atoms with Crippen LogP contribution in [0, 0.1) is 0 Å². The minimum Gasteiger partial charge on any atom is -0.494 e. The zero-order chi connectivity index (χ0) is 15.8. The van der Waals surface area contributed by atoms with E-state index in [-0.39, 0.29) is 25.8 Å². The van der Waals surface area contributed by atoms with E-state index in [1.807, 2.05) is 62.4 Å². The second-order valence-electron chi connectivity index (χ2n) is 4.49. The number of hydrogen-bond donors (Lipinski definition) is 2. The number of hydrogen-bond acceptors (Lipinski definition) is 3. The summed E-state index contributed by atoms with van der Waals surface area (Å²) in [7, 11) is 0. The molecule has 0 atom stereocenters. The molecule has 120 valence electrons. The van der Waals surface area contributed by atoms with Crippen LogP contribution >= 0.6 is 12.2 Å². The van der Waals surface area contributed by atoms with E-state index in [4.69, 9.17) is 21.7 Å². The monoisotopic (exact) mass is 496 g/mol. The second kappa shape index (κ2) is 10.4. The number of ether oxygens (including phenoxy) is 2. The van der Waals surface area contributed by atoms with Crippen LogP contribution in [-0.4, -0.2) is 18.3 Å². The molecule has 4 nitrogen and oxygen atoms in total. The van der Waals surface area contributed by atoms with Gasteiger partial charge in [-0.2, -0.15) is 0 Å². The van der Waals surface area contributed by atoms with Crippen molar-refractivity contribution < 1.29 is 35.3 Å². The van der Waals surface area contributed by atoms with E-state index in [9.17, 15) is 0 Å². The van der Waals surface area contributed by atoms with Crippen LogP contribution in [-0.2, 0) is 25.8 Å². The van der Waals surface area contributed by atoms with Gasteiger partial charge in [-0.25, -0.2) is 0 Å². The molecule has 2 aromatic carbocycles. The van der Waals surface area contributed by atoms with E-state index in [0.717, 1.165) is 22.9 Å². The Kier molecular flexibility index (Phi) is 8.87. The molecule has 0 radical (unpaired) electrons. The average Bonchev–Trinajstić information content (AvgIpc) is 2.52. The minimum atomic E-state index is 0. The molecular formula is C17H20HfN2O2S. The van der Waals surface area contributed by atoms with Gasteiger partial charge in [-0.15, -0.1) is 0 Å². The van der Waals surface area contributed by atoms with Crippen molar-refractivity contribution >= 4 is 28.7 Å². The largest absolute Gasteiger partial charge is 0.494 e. The second-order valence-corrected chi connectivity index (χ2v) is 4.90. The molecular weight excluding hydrogens is 475 g/mol. The van der Waals surface area contributed by atoms with Crippen molar-refractivity contribution in [1.29, 1.82) is 0 Å². The first-order valence-electron chi connectivity index (χ1n) is 7.25. The molecule has 0 fully saturated rings. The van der Waals surface area contributed by atoms with E-state index in [2.05, 4.69) is 10.6 Å². The summed E-state index contributed by atoms with van der Waals surface area (Å²) in [4.78, 5) is 0. The number of benzene rings is 2. The third-order valence-corrected chi connectivity index (χ3v) is 3.05. The van der Waals surface area contributed by atoms with Crippen LogP contribution in [0.15, 0.2) is 48.5 Å². The van der Waals surface area contributed by atoms with Crippen LogP contribution in [0.1, 0.15) is 13.8 Å². The number of thiocarbonyl (C=S) groups is 1. The van der Waals surface area contributed by atoms with Gasteiger partial charge in [0.25, 0.3) is 0 Å². The first-order valence-corrected chi connectivity index (χ1v) is 7.65. The van der Waals surface area contributed by atoms with Gasteiger partial charge in [-0.05, 0) is 74.6 Å².